The van der Waals surface area contributed by atoms with Crippen LogP contribution in [0.5, 0.6) is 0 Å². The van der Waals surface area contributed by atoms with Crippen molar-refractivity contribution >= 4 is 23.2 Å². The molecule has 3 aromatic carbocycles. The van der Waals surface area contributed by atoms with Gasteiger partial charge in [-0.1, -0.05) is 60.7 Å². The van der Waals surface area contributed by atoms with Crippen LogP contribution in [0, 0.1) is 5.82 Å². The molecule has 3 rings (SSSR count). The summed E-state index contributed by atoms with van der Waals surface area (Å²) in [6, 6.07) is 23.8. The van der Waals surface area contributed by atoms with Crippen molar-refractivity contribution in [3.63, 3.8) is 0 Å². The second kappa shape index (κ2) is 10.0. The van der Waals surface area contributed by atoms with Crippen molar-refractivity contribution in [1.82, 2.24) is 0 Å². The predicted octanol–water partition coefficient (Wildman–Crippen LogP) is 4.47. The Labute approximate surface area is 173 Å². The first kappa shape index (κ1) is 20.8. The van der Waals surface area contributed by atoms with E-state index < -0.39 is 17.6 Å². The van der Waals surface area contributed by atoms with E-state index in [-0.39, 0.29) is 17.7 Å². The van der Waals surface area contributed by atoms with Crippen molar-refractivity contribution in [1.29, 1.82) is 0 Å². The van der Waals surface area contributed by atoms with Crippen molar-refractivity contribution in [3.8, 4) is 0 Å². The molecule has 5 nitrogen and oxygen atoms in total. The van der Waals surface area contributed by atoms with Crippen LogP contribution in [0.15, 0.2) is 95.1 Å². The molecule has 0 spiro atoms. The van der Waals surface area contributed by atoms with E-state index in [0.717, 1.165) is 11.1 Å². The maximum atomic E-state index is 13.1. The maximum absolute atomic E-state index is 13.1. The lowest BCUT2D eigenvalue weighted by molar-refractivity contribution is -0.132. The first-order valence-electron chi connectivity index (χ1n) is 9.21. The SMILES string of the molecule is COC(=O)C(CC(=O)c1ccc(F)cc1)=NN=C(c1ccccc1)c1ccccc1. The van der Waals surface area contributed by atoms with E-state index in [2.05, 4.69) is 10.2 Å². The molecule has 0 saturated carbocycles. The van der Waals surface area contributed by atoms with Crippen LogP contribution in [-0.4, -0.2) is 30.3 Å². The average molecular weight is 402 g/mol. The first-order chi connectivity index (χ1) is 14.6. The summed E-state index contributed by atoms with van der Waals surface area (Å²) in [6.45, 7) is 0. The Balaban J connectivity index is 1.97. The highest BCUT2D eigenvalue weighted by atomic mass is 19.1. The van der Waals surface area contributed by atoms with E-state index in [0.29, 0.717) is 5.71 Å². The molecule has 0 aliphatic carbocycles. The van der Waals surface area contributed by atoms with E-state index in [1.807, 2.05) is 60.7 Å². The highest BCUT2D eigenvalue weighted by Gasteiger charge is 2.18. The number of Topliss-reactive ketones (excluding diaryl/α,β-unsaturated/α-hetero) is 1. The van der Waals surface area contributed by atoms with Gasteiger partial charge in [-0.3, -0.25) is 4.79 Å². The van der Waals surface area contributed by atoms with Crippen LogP contribution >= 0.6 is 0 Å². The van der Waals surface area contributed by atoms with Crippen LogP contribution in [0.1, 0.15) is 27.9 Å². The molecule has 0 radical (unpaired) electrons. The van der Waals surface area contributed by atoms with Crippen LogP contribution in [0.2, 0.25) is 0 Å². The first-order valence-corrected chi connectivity index (χ1v) is 9.21. The number of methoxy groups -OCH3 is 1. The van der Waals surface area contributed by atoms with Crippen molar-refractivity contribution in [2.45, 2.75) is 6.42 Å². The summed E-state index contributed by atoms with van der Waals surface area (Å²) in [7, 11) is 1.21. The van der Waals surface area contributed by atoms with E-state index in [1.165, 1.54) is 31.4 Å². The molecule has 0 saturated heterocycles. The van der Waals surface area contributed by atoms with Gasteiger partial charge in [-0.25, -0.2) is 9.18 Å². The van der Waals surface area contributed by atoms with E-state index in [9.17, 15) is 14.0 Å². The van der Waals surface area contributed by atoms with Gasteiger partial charge in [-0.05, 0) is 24.3 Å². The maximum Gasteiger partial charge on any atom is 0.354 e. The number of carbonyl (C=O) groups is 2. The average Bonchev–Trinajstić information content (AvgIpc) is 2.79. The fraction of sp³-hybridized carbons (Fsp3) is 0.0833. The fourth-order valence-corrected chi connectivity index (χ4v) is 2.74. The molecule has 0 N–H and O–H groups in total. The molecule has 0 bridgehead atoms. The highest BCUT2D eigenvalue weighted by Crippen LogP contribution is 2.12. The van der Waals surface area contributed by atoms with Crippen molar-refractivity contribution in [2.24, 2.45) is 10.2 Å². The Morgan fingerprint density at radius 2 is 1.30 bits per heavy atom. The Bertz CT molecular complexity index is 1030. The zero-order valence-corrected chi connectivity index (χ0v) is 16.3. The summed E-state index contributed by atoms with van der Waals surface area (Å²) in [5.41, 5.74) is 2.29. The molecule has 150 valence electrons. The number of ketones is 1. The van der Waals surface area contributed by atoms with Gasteiger partial charge < -0.3 is 4.74 Å². The molecule has 0 fully saturated rings. The highest BCUT2D eigenvalue weighted by molar-refractivity contribution is 6.40. The monoisotopic (exact) mass is 402 g/mol. The Kier molecular flexibility index (Phi) is 6.95. The molecule has 0 aliphatic heterocycles. The Hall–Kier alpha value is -3.93. The van der Waals surface area contributed by atoms with Gasteiger partial charge in [0.05, 0.1) is 13.5 Å². The molecule has 0 amide bonds. The second-order valence-electron chi connectivity index (χ2n) is 6.33. The van der Waals surface area contributed by atoms with Crippen molar-refractivity contribution < 1.29 is 18.7 Å². The van der Waals surface area contributed by atoms with E-state index in [4.69, 9.17) is 4.74 Å². The van der Waals surface area contributed by atoms with Crippen molar-refractivity contribution in [2.75, 3.05) is 7.11 Å². The van der Waals surface area contributed by atoms with Gasteiger partial charge in [0.2, 0.25) is 0 Å². The summed E-state index contributed by atoms with van der Waals surface area (Å²) in [5.74, 6) is -1.60. The third kappa shape index (κ3) is 5.32. The minimum absolute atomic E-state index is 0.142. The molecule has 0 aliphatic rings. The second-order valence-corrected chi connectivity index (χ2v) is 6.33. The van der Waals surface area contributed by atoms with Crippen LogP contribution in [0.4, 0.5) is 4.39 Å². The largest absolute Gasteiger partial charge is 0.464 e. The Morgan fingerprint density at radius 3 is 1.80 bits per heavy atom. The topological polar surface area (TPSA) is 68.1 Å². The molecular weight excluding hydrogens is 383 g/mol. The fourth-order valence-electron chi connectivity index (χ4n) is 2.74. The lowest BCUT2D eigenvalue weighted by Crippen LogP contribution is -2.20. The van der Waals surface area contributed by atoms with E-state index >= 15 is 0 Å². The molecule has 0 atom stereocenters. The summed E-state index contributed by atoms with van der Waals surface area (Å²) < 4.78 is 17.9. The minimum atomic E-state index is -0.755. The third-order valence-corrected chi connectivity index (χ3v) is 4.28. The van der Waals surface area contributed by atoms with Crippen LogP contribution < -0.4 is 0 Å². The van der Waals surface area contributed by atoms with Gasteiger partial charge in [0.1, 0.15) is 11.5 Å². The zero-order chi connectivity index (χ0) is 21.3. The number of carbonyl (C=O) groups excluding carboxylic acids is 2. The van der Waals surface area contributed by atoms with Crippen LogP contribution in [0.3, 0.4) is 0 Å². The normalized spacial score (nSPS) is 10.9. The molecule has 6 heteroatoms. The Morgan fingerprint density at radius 1 is 0.767 bits per heavy atom. The van der Waals surface area contributed by atoms with Gasteiger partial charge in [0, 0.05) is 16.7 Å². The number of rotatable bonds is 7. The molecule has 30 heavy (non-hydrogen) atoms. The molecule has 3 aromatic rings. The van der Waals surface area contributed by atoms with Gasteiger partial charge in [-0.2, -0.15) is 0 Å². The van der Waals surface area contributed by atoms with Crippen LogP contribution in [-0.2, 0) is 9.53 Å². The lowest BCUT2D eigenvalue weighted by atomic mass is 10.0. The van der Waals surface area contributed by atoms with Gasteiger partial charge in [-0.15, -0.1) is 10.2 Å². The molecule has 0 unspecified atom stereocenters. The quantitative estimate of drug-likeness (QED) is 0.254. The number of ether oxygens (including phenoxy) is 1. The molecule has 0 aromatic heterocycles. The van der Waals surface area contributed by atoms with Crippen LogP contribution in [0.25, 0.3) is 0 Å². The summed E-state index contributed by atoms with van der Waals surface area (Å²) in [4.78, 5) is 24.7. The number of hydrogen-bond donors (Lipinski definition) is 0. The number of halogens is 1. The predicted molar refractivity (Wildman–Crippen MR) is 113 cm³/mol. The standard InChI is InChI=1S/C24H19FN2O3/c1-30-24(29)21(16-22(28)17-12-14-20(25)15-13-17)26-27-23(18-8-4-2-5-9-18)19-10-6-3-7-11-19/h2-15H,16H2,1H3. The summed E-state index contributed by atoms with van der Waals surface area (Å²) in [6.07, 6.45) is -0.321. The number of esters is 1. The molecular formula is C24H19FN2O3. The number of benzene rings is 3. The summed E-state index contributed by atoms with van der Waals surface area (Å²) >= 11 is 0. The lowest BCUT2D eigenvalue weighted by Gasteiger charge is -2.07. The number of nitrogens with zero attached hydrogens (tertiary/aromatic N) is 2. The molecule has 0 heterocycles. The van der Waals surface area contributed by atoms with Gasteiger partial charge in [0.15, 0.2) is 11.5 Å². The zero-order valence-electron chi connectivity index (χ0n) is 16.3. The minimum Gasteiger partial charge on any atom is -0.464 e. The number of hydrogen-bond acceptors (Lipinski definition) is 5. The van der Waals surface area contributed by atoms with Gasteiger partial charge >= 0.3 is 5.97 Å². The summed E-state index contributed by atoms with van der Waals surface area (Å²) in [5, 5.41) is 8.35. The van der Waals surface area contributed by atoms with E-state index in [1.54, 1.807) is 0 Å². The smallest absolute Gasteiger partial charge is 0.354 e. The van der Waals surface area contributed by atoms with Gasteiger partial charge in [0.25, 0.3) is 0 Å². The van der Waals surface area contributed by atoms with Crippen molar-refractivity contribution in [3.05, 3.63) is 107 Å². The third-order valence-electron chi connectivity index (χ3n) is 4.28.